The number of ketones is 2. The summed E-state index contributed by atoms with van der Waals surface area (Å²) in [6.07, 6.45) is -0.623. The lowest BCUT2D eigenvalue weighted by atomic mass is 9.47. The molecule has 1 fully saturated rings. The highest BCUT2D eigenvalue weighted by Gasteiger charge is 2.74. The Morgan fingerprint density at radius 1 is 1.09 bits per heavy atom. The van der Waals surface area contributed by atoms with Crippen molar-refractivity contribution in [3.05, 3.63) is 69.5 Å². The Hall–Kier alpha value is -5.41. The third-order valence-corrected chi connectivity index (χ3v) is 9.27. The van der Waals surface area contributed by atoms with E-state index >= 15 is 0 Å². The van der Waals surface area contributed by atoms with Crippen molar-refractivity contribution in [2.45, 2.75) is 36.5 Å². The number of likely N-dealkylation sites (N-methyl/N-ethyl adjacent to an activating group) is 1. The number of carbonyl (C=O) groups excluding carboxylic acids is 3. The largest absolute Gasteiger partial charge is 0.509 e. The van der Waals surface area contributed by atoms with Gasteiger partial charge in [0.15, 0.2) is 17.0 Å². The van der Waals surface area contributed by atoms with Gasteiger partial charge in [-0.25, -0.2) is 0 Å². The van der Waals surface area contributed by atoms with E-state index in [9.17, 15) is 35.0 Å². The van der Waals surface area contributed by atoms with Gasteiger partial charge in [0.25, 0.3) is 5.91 Å². The van der Waals surface area contributed by atoms with E-state index in [4.69, 9.17) is 22.5 Å². The summed E-state index contributed by atoms with van der Waals surface area (Å²) in [6.45, 7) is 0.226. The number of aliphatic hydroxyl groups excluding tert-OH is 2. The second kappa shape index (κ2) is 10.6. The fourth-order valence-electron chi connectivity index (χ4n) is 7.31. The summed E-state index contributed by atoms with van der Waals surface area (Å²) in [5.74, 6) is -5.90. The van der Waals surface area contributed by atoms with Crippen molar-refractivity contribution in [1.29, 1.82) is 10.5 Å². The van der Waals surface area contributed by atoms with Crippen LogP contribution in [0.1, 0.15) is 28.7 Å². The highest BCUT2D eigenvalue weighted by Crippen LogP contribution is 2.59. The molecule has 1 amide bonds. The Balaban J connectivity index is 1.75. The Morgan fingerprint density at radius 2 is 1.72 bits per heavy atom. The molecule has 1 saturated carbocycles. The lowest BCUT2D eigenvalue weighted by Crippen LogP contribution is -2.80. The topological polar surface area (TPSA) is 256 Å². The van der Waals surface area contributed by atoms with Gasteiger partial charge in [0.2, 0.25) is 0 Å². The number of phenols is 1. The maximum atomic E-state index is 14.6. The summed E-state index contributed by atoms with van der Waals surface area (Å²) < 4.78 is 0. The van der Waals surface area contributed by atoms with Crippen molar-refractivity contribution in [2.75, 3.05) is 38.4 Å². The van der Waals surface area contributed by atoms with E-state index in [2.05, 4.69) is 5.32 Å². The number of rotatable bonds is 6. The van der Waals surface area contributed by atoms with Crippen molar-refractivity contribution < 1.29 is 29.7 Å². The fourth-order valence-corrected chi connectivity index (χ4v) is 7.31. The standard InChI is InChI=1S/C32H34N8O6/c1-39(2)19-9-18(38-12-16-7-5-15(11-33)6-8-16)23(41)20-17(19)10-30(36)13-32(37)26(40(3)4)25(43)21(29(35)46)27(44)31(32,14-34)28(45)22(30)24(20)42/h5-9,26,38,41-42,44H,10,12-13,36-37H2,1-4H3,(H2,35,46)/t26-,30-,31+,32-/m1/s1. The number of aromatic hydroxyl groups is 1. The molecule has 0 bridgehead atoms. The molecule has 4 atom stereocenters. The van der Waals surface area contributed by atoms with E-state index in [1.165, 1.54) is 19.0 Å². The average Bonchev–Trinajstić information content (AvgIpc) is 2.95. The number of nitrogens with one attached hydrogen (secondary N) is 1. The summed E-state index contributed by atoms with van der Waals surface area (Å²) in [5.41, 5.74) is 13.4. The SMILES string of the molecule is CN(C)c1cc(NCc2ccc(C#N)cc2)c(O)c2c1C[C@@]1(N)C[C@@]3(N)[C@H](N(C)C)C(=O)C(C(N)=O)=C(O)[C@@]3(C#N)C(=O)C1=C2O. The lowest BCUT2D eigenvalue weighted by molar-refractivity contribution is -0.139. The van der Waals surface area contributed by atoms with E-state index in [1.807, 2.05) is 6.07 Å². The van der Waals surface area contributed by atoms with Crippen molar-refractivity contribution in [3.8, 4) is 17.9 Å². The van der Waals surface area contributed by atoms with Crippen LogP contribution < -0.4 is 27.4 Å². The van der Waals surface area contributed by atoms with Crippen LogP contribution >= 0.6 is 0 Å². The smallest absolute Gasteiger partial charge is 0.255 e. The highest BCUT2D eigenvalue weighted by atomic mass is 16.3. The number of amides is 1. The molecular weight excluding hydrogens is 592 g/mol. The van der Waals surface area contributed by atoms with Gasteiger partial charge in [0.05, 0.1) is 51.6 Å². The number of nitrogens with two attached hydrogens (primary N) is 3. The van der Waals surface area contributed by atoms with Crippen LogP contribution in [0.3, 0.4) is 0 Å². The van der Waals surface area contributed by atoms with Gasteiger partial charge in [-0.3, -0.25) is 19.3 Å². The molecule has 3 aliphatic rings. The average molecular weight is 627 g/mol. The second-order valence-electron chi connectivity index (χ2n) is 12.5. The Kier molecular flexibility index (Phi) is 7.37. The molecule has 0 heterocycles. The first-order chi connectivity index (χ1) is 21.5. The predicted molar refractivity (Wildman–Crippen MR) is 167 cm³/mol. The first-order valence-corrected chi connectivity index (χ1v) is 14.2. The van der Waals surface area contributed by atoms with E-state index < -0.39 is 74.8 Å². The first-order valence-electron chi connectivity index (χ1n) is 14.2. The number of carbonyl (C=O) groups is 3. The van der Waals surface area contributed by atoms with E-state index in [0.29, 0.717) is 16.8 Å². The van der Waals surface area contributed by atoms with Gasteiger partial charge in [-0.1, -0.05) is 12.1 Å². The normalized spacial score (nSPS) is 26.9. The van der Waals surface area contributed by atoms with E-state index in [-0.39, 0.29) is 24.2 Å². The number of anilines is 2. The molecule has 3 aliphatic carbocycles. The monoisotopic (exact) mass is 626 g/mol. The number of benzene rings is 2. The van der Waals surface area contributed by atoms with Gasteiger partial charge in [0.1, 0.15) is 22.8 Å². The minimum absolute atomic E-state index is 0.120. The van der Waals surface area contributed by atoms with Crippen LogP contribution in [0.4, 0.5) is 11.4 Å². The second-order valence-corrected chi connectivity index (χ2v) is 12.5. The molecule has 5 rings (SSSR count). The van der Waals surface area contributed by atoms with Crippen molar-refractivity contribution >= 4 is 34.6 Å². The van der Waals surface area contributed by atoms with Crippen LogP contribution in [0.15, 0.2) is 47.2 Å². The molecule has 0 saturated heterocycles. The molecule has 0 aromatic heterocycles. The van der Waals surface area contributed by atoms with E-state index in [0.717, 1.165) is 5.56 Å². The van der Waals surface area contributed by atoms with Gasteiger partial charge in [-0.15, -0.1) is 0 Å². The van der Waals surface area contributed by atoms with Crippen LogP contribution in [0.2, 0.25) is 0 Å². The summed E-state index contributed by atoms with van der Waals surface area (Å²) in [7, 11) is 6.40. The van der Waals surface area contributed by atoms with Crippen LogP contribution in [-0.4, -0.2) is 83.0 Å². The Morgan fingerprint density at radius 3 is 2.24 bits per heavy atom. The summed E-state index contributed by atoms with van der Waals surface area (Å²) in [6, 6.07) is 10.8. The minimum atomic E-state index is -2.74. The van der Waals surface area contributed by atoms with Crippen molar-refractivity contribution in [3.63, 3.8) is 0 Å². The zero-order chi connectivity index (χ0) is 34.1. The van der Waals surface area contributed by atoms with Gasteiger partial charge in [0, 0.05) is 26.3 Å². The van der Waals surface area contributed by atoms with Crippen LogP contribution in [-0.2, 0) is 27.3 Å². The number of nitriles is 2. The van der Waals surface area contributed by atoms with Gasteiger partial charge >= 0.3 is 0 Å². The number of phenolic OH excluding ortho intramolecular Hbond substituents is 1. The first kappa shape index (κ1) is 32.0. The van der Waals surface area contributed by atoms with Gasteiger partial charge < -0.3 is 42.7 Å². The highest BCUT2D eigenvalue weighted by molar-refractivity contribution is 6.25. The molecule has 238 valence electrons. The number of fused-ring (bicyclic) bond motifs is 3. The number of Topliss-reactive ketones (excluding diaryl/α,β-unsaturated/α-hetero) is 2. The molecule has 46 heavy (non-hydrogen) atoms. The van der Waals surface area contributed by atoms with Crippen LogP contribution in [0.5, 0.6) is 5.75 Å². The maximum Gasteiger partial charge on any atom is 0.255 e. The molecule has 2 aromatic carbocycles. The van der Waals surface area contributed by atoms with E-state index in [1.54, 1.807) is 55.4 Å². The van der Waals surface area contributed by atoms with Crippen molar-refractivity contribution in [1.82, 2.24) is 4.90 Å². The molecule has 14 nitrogen and oxygen atoms in total. The molecule has 0 radical (unpaired) electrons. The zero-order valence-electron chi connectivity index (χ0n) is 25.7. The lowest BCUT2D eigenvalue weighted by Gasteiger charge is -2.58. The summed E-state index contributed by atoms with van der Waals surface area (Å²) >= 11 is 0. The predicted octanol–water partition coefficient (Wildman–Crippen LogP) is 0.455. The molecular formula is C32H34N8O6. The number of primary amides is 1. The van der Waals surface area contributed by atoms with Crippen LogP contribution in [0, 0.1) is 28.1 Å². The van der Waals surface area contributed by atoms with Gasteiger partial charge in [-0.05, 0) is 56.3 Å². The molecule has 14 heteroatoms. The Labute approximate surface area is 264 Å². The summed E-state index contributed by atoms with van der Waals surface area (Å²) in [5, 5.41) is 57.5. The quantitative estimate of drug-likeness (QED) is 0.170. The molecule has 0 spiro atoms. The van der Waals surface area contributed by atoms with Crippen LogP contribution in [0.25, 0.3) is 5.76 Å². The molecule has 10 N–H and O–H groups in total. The number of hydrogen-bond acceptors (Lipinski definition) is 13. The Bertz CT molecular complexity index is 1870. The zero-order valence-corrected chi connectivity index (χ0v) is 25.7. The molecule has 0 aliphatic heterocycles. The van der Waals surface area contributed by atoms with Crippen molar-refractivity contribution in [2.24, 2.45) is 22.6 Å². The fraction of sp³-hybridized carbons (Fsp3) is 0.344. The molecule has 0 unspecified atom stereocenters. The number of hydrogen-bond donors (Lipinski definition) is 7. The van der Waals surface area contributed by atoms with Gasteiger partial charge in [-0.2, -0.15) is 10.5 Å². The third kappa shape index (κ3) is 4.15. The summed E-state index contributed by atoms with van der Waals surface area (Å²) in [4.78, 5) is 43.6. The number of aliphatic hydroxyl groups is 2. The minimum Gasteiger partial charge on any atom is -0.509 e. The third-order valence-electron chi connectivity index (χ3n) is 9.27. The molecule has 2 aromatic rings. The maximum absolute atomic E-state index is 14.6. The number of nitrogens with zero attached hydrogens (tertiary/aromatic N) is 4.